The van der Waals surface area contributed by atoms with Gasteiger partial charge in [-0.3, -0.25) is 0 Å². The van der Waals surface area contributed by atoms with Gasteiger partial charge in [0.15, 0.2) is 0 Å². The van der Waals surface area contributed by atoms with E-state index >= 15 is 0 Å². The number of ether oxygens (including phenoxy) is 2. The highest BCUT2D eigenvalue weighted by Gasteiger charge is 2.21. The van der Waals surface area contributed by atoms with Crippen molar-refractivity contribution in [3.8, 4) is 0 Å². The Morgan fingerprint density at radius 1 is 0.643 bits per heavy atom. The predicted molar refractivity (Wildman–Crippen MR) is 116 cm³/mol. The number of nitrogens with one attached hydrogen (secondary N) is 1. The highest BCUT2D eigenvalue weighted by Crippen LogP contribution is 2.10. The van der Waals surface area contributed by atoms with Crippen LogP contribution in [0.2, 0.25) is 0 Å². The molecule has 0 bridgehead atoms. The van der Waals surface area contributed by atoms with Crippen molar-refractivity contribution in [2.75, 3.05) is 13.2 Å². The molecule has 0 heterocycles. The second-order valence-electron chi connectivity index (χ2n) is 7.68. The molecule has 0 aromatic rings. The Kier molecular flexibility index (Phi) is 19.6. The van der Waals surface area contributed by atoms with Crippen molar-refractivity contribution in [1.29, 1.82) is 0 Å². The van der Waals surface area contributed by atoms with E-state index in [0.29, 0.717) is 19.6 Å². The maximum Gasteiger partial charge on any atom is 0.407 e. The van der Waals surface area contributed by atoms with Gasteiger partial charge in [-0.25, -0.2) is 9.59 Å². The smallest absolute Gasteiger partial charge is 0.407 e. The van der Waals surface area contributed by atoms with Gasteiger partial charge in [-0.2, -0.15) is 0 Å². The Balaban J connectivity index is 3.81. The van der Waals surface area contributed by atoms with Crippen LogP contribution in [0.3, 0.4) is 0 Å². The third kappa shape index (κ3) is 16.9. The van der Waals surface area contributed by atoms with E-state index in [4.69, 9.17) is 9.47 Å². The van der Waals surface area contributed by atoms with Crippen LogP contribution >= 0.6 is 0 Å². The molecule has 0 aliphatic rings. The van der Waals surface area contributed by atoms with Crippen molar-refractivity contribution in [2.45, 2.75) is 123 Å². The standard InChI is InChI=1S/C23H45NO4/c1-4-7-9-11-12-13-14-15-17-19-27-22(25)21(18-6-3)24-23(26)28-20-16-10-8-5-2/h21H,4-20H2,1-3H3,(H,24,26)/t21-/m0/s1. The van der Waals surface area contributed by atoms with Gasteiger partial charge in [-0.15, -0.1) is 0 Å². The first-order valence-electron chi connectivity index (χ1n) is 11.8. The Hall–Kier alpha value is -1.26. The number of amides is 1. The SMILES string of the molecule is CCCCCCCCCCCOC(=O)[C@H](CCC)NC(=O)OCCCCCC. The largest absolute Gasteiger partial charge is 0.464 e. The van der Waals surface area contributed by atoms with Crippen molar-refractivity contribution < 1.29 is 19.1 Å². The van der Waals surface area contributed by atoms with Crippen LogP contribution in [0.5, 0.6) is 0 Å². The highest BCUT2D eigenvalue weighted by molar-refractivity contribution is 5.81. The molecule has 28 heavy (non-hydrogen) atoms. The molecule has 166 valence electrons. The quantitative estimate of drug-likeness (QED) is 0.198. The van der Waals surface area contributed by atoms with Crippen molar-refractivity contribution in [3.63, 3.8) is 0 Å². The summed E-state index contributed by atoms with van der Waals surface area (Å²) < 4.78 is 10.5. The molecule has 1 N–H and O–H groups in total. The lowest BCUT2D eigenvalue weighted by Crippen LogP contribution is -2.42. The van der Waals surface area contributed by atoms with Gasteiger partial charge in [0, 0.05) is 0 Å². The van der Waals surface area contributed by atoms with Gasteiger partial charge in [0.05, 0.1) is 13.2 Å². The molecule has 0 saturated carbocycles. The Morgan fingerprint density at radius 3 is 1.64 bits per heavy atom. The maximum absolute atomic E-state index is 12.2. The van der Waals surface area contributed by atoms with E-state index in [1.54, 1.807) is 0 Å². The lowest BCUT2D eigenvalue weighted by Gasteiger charge is -2.17. The molecule has 5 heteroatoms. The van der Waals surface area contributed by atoms with Crippen LogP contribution < -0.4 is 5.32 Å². The van der Waals surface area contributed by atoms with E-state index in [9.17, 15) is 9.59 Å². The van der Waals surface area contributed by atoms with Crippen LogP contribution in [0.15, 0.2) is 0 Å². The first-order chi connectivity index (χ1) is 13.7. The van der Waals surface area contributed by atoms with E-state index in [2.05, 4.69) is 19.2 Å². The third-order valence-corrected chi connectivity index (χ3v) is 4.88. The minimum Gasteiger partial charge on any atom is -0.464 e. The third-order valence-electron chi connectivity index (χ3n) is 4.88. The summed E-state index contributed by atoms with van der Waals surface area (Å²) in [6, 6.07) is -0.605. The number of carbonyl (C=O) groups excluding carboxylic acids is 2. The maximum atomic E-state index is 12.2. The lowest BCUT2D eigenvalue weighted by molar-refractivity contribution is -0.146. The number of hydrogen-bond donors (Lipinski definition) is 1. The van der Waals surface area contributed by atoms with Gasteiger partial charge < -0.3 is 14.8 Å². The zero-order chi connectivity index (χ0) is 20.9. The summed E-state index contributed by atoms with van der Waals surface area (Å²) in [6.07, 6.45) is 16.1. The van der Waals surface area contributed by atoms with E-state index in [0.717, 1.165) is 44.9 Å². The number of esters is 1. The normalized spacial score (nSPS) is 11.8. The Labute approximate surface area is 173 Å². The van der Waals surface area contributed by atoms with Crippen molar-refractivity contribution in [3.05, 3.63) is 0 Å². The number of alkyl carbamates (subject to hydrolysis) is 1. The monoisotopic (exact) mass is 399 g/mol. The molecular weight excluding hydrogens is 354 g/mol. The summed E-state index contributed by atoms with van der Waals surface area (Å²) in [6.45, 7) is 7.20. The van der Waals surface area contributed by atoms with Crippen LogP contribution in [0, 0.1) is 0 Å². The zero-order valence-corrected chi connectivity index (χ0v) is 18.7. The topological polar surface area (TPSA) is 64.6 Å². The molecule has 0 fully saturated rings. The average Bonchev–Trinajstić information content (AvgIpc) is 2.68. The molecule has 0 aromatic carbocycles. The van der Waals surface area contributed by atoms with E-state index in [-0.39, 0.29) is 5.97 Å². The second-order valence-corrected chi connectivity index (χ2v) is 7.68. The summed E-state index contributed by atoms with van der Waals surface area (Å²) in [7, 11) is 0. The van der Waals surface area contributed by atoms with Crippen LogP contribution in [0.1, 0.15) is 117 Å². The Morgan fingerprint density at radius 2 is 1.11 bits per heavy atom. The van der Waals surface area contributed by atoms with E-state index < -0.39 is 12.1 Å². The molecular formula is C23H45NO4. The number of rotatable bonds is 19. The summed E-state index contributed by atoms with van der Waals surface area (Å²) in [5.41, 5.74) is 0. The molecule has 0 saturated heterocycles. The van der Waals surface area contributed by atoms with Crippen LogP contribution in [-0.4, -0.2) is 31.3 Å². The second kappa shape index (κ2) is 20.5. The van der Waals surface area contributed by atoms with Gasteiger partial charge in [-0.1, -0.05) is 97.8 Å². The number of hydrogen-bond acceptors (Lipinski definition) is 4. The fraction of sp³-hybridized carbons (Fsp3) is 0.913. The van der Waals surface area contributed by atoms with E-state index in [1.807, 2.05) is 6.92 Å². The Bertz CT molecular complexity index is 374. The first-order valence-corrected chi connectivity index (χ1v) is 11.8. The van der Waals surface area contributed by atoms with Crippen LogP contribution in [-0.2, 0) is 14.3 Å². The molecule has 0 rings (SSSR count). The van der Waals surface area contributed by atoms with Crippen molar-refractivity contribution in [2.24, 2.45) is 0 Å². The molecule has 0 aliphatic heterocycles. The predicted octanol–water partition coefficient (Wildman–Crippen LogP) is 6.54. The minimum atomic E-state index is -0.605. The number of carbonyl (C=O) groups is 2. The molecule has 0 aliphatic carbocycles. The van der Waals surface area contributed by atoms with Crippen molar-refractivity contribution >= 4 is 12.1 Å². The van der Waals surface area contributed by atoms with Gasteiger partial charge in [0.2, 0.25) is 0 Å². The average molecular weight is 400 g/mol. The summed E-state index contributed by atoms with van der Waals surface area (Å²) in [5, 5.41) is 2.66. The molecule has 1 atom stereocenters. The summed E-state index contributed by atoms with van der Waals surface area (Å²) >= 11 is 0. The molecule has 0 spiro atoms. The molecule has 0 unspecified atom stereocenters. The molecule has 1 amide bonds. The molecule has 0 radical (unpaired) electrons. The number of unbranched alkanes of at least 4 members (excludes halogenated alkanes) is 11. The minimum absolute atomic E-state index is 0.343. The van der Waals surface area contributed by atoms with Crippen molar-refractivity contribution in [1.82, 2.24) is 5.32 Å². The molecule has 0 aromatic heterocycles. The van der Waals surface area contributed by atoms with Gasteiger partial charge >= 0.3 is 12.1 Å². The summed E-state index contributed by atoms with van der Waals surface area (Å²) in [5.74, 6) is -0.343. The lowest BCUT2D eigenvalue weighted by atomic mass is 10.1. The van der Waals surface area contributed by atoms with Crippen LogP contribution in [0.4, 0.5) is 4.79 Å². The first kappa shape index (κ1) is 26.7. The fourth-order valence-corrected chi connectivity index (χ4v) is 3.10. The van der Waals surface area contributed by atoms with Gasteiger partial charge in [0.1, 0.15) is 6.04 Å². The van der Waals surface area contributed by atoms with Gasteiger partial charge in [0.25, 0.3) is 0 Å². The highest BCUT2D eigenvalue weighted by atomic mass is 16.6. The van der Waals surface area contributed by atoms with E-state index in [1.165, 1.54) is 44.9 Å². The zero-order valence-electron chi connectivity index (χ0n) is 18.7. The van der Waals surface area contributed by atoms with Gasteiger partial charge in [-0.05, 0) is 19.3 Å². The molecule has 5 nitrogen and oxygen atoms in total. The summed E-state index contributed by atoms with van der Waals surface area (Å²) in [4.78, 5) is 24.1. The van der Waals surface area contributed by atoms with Crippen LogP contribution in [0.25, 0.3) is 0 Å². The fourth-order valence-electron chi connectivity index (χ4n) is 3.10.